The molecule has 1 heterocycles. The van der Waals surface area contributed by atoms with Gasteiger partial charge in [0.1, 0.15) is 0 Å². The molecule has 0 bridgehead atoms. The van der Waals surface area contributed by atoms with E-state index in [9.17, 15) is 4.79 Å². The zero-order valence-electron chi connectivity index (χ0n) is 11.1. The number of carbonyl (C=O) groups is 1. The van der Waals surface area contributed by atoms with Crippen molar-refractivity contribution in [3.8, 4) is 0 Å². The summed E-state index contributed by atoms with van der Waals surface area (Å²) in [5.74, 6) is -0.0282. The molecule has 1 aliphatic carbocycles. The van der Waals surface area contributed by atoms with E-state index in [1.807, 2.05) is 0 Å². The Balaban J connectivity index is 1.62. The Bertz CT molecular complexity index is 400. The second-order valence-corrected chi connectivity index (χ2v) is 6.72. The van der Waals surface area contributed by atoms with Crippen molar-refractivity contribution in [3.63, 3.8) is 0 Å². The van der Waals surface area contributed by atoms with Crippen LogP contribution in [0.3, 0.4) is 0 Å². The van der Waals surface area contributed by atoms with Crippen LogP contribution in [0.15, 0.2) is 12.1 Å². The average molecular weight is 301 g/mol. The molecule has 0 unspecified atom stereocenters. The van der Waals surface area contributed by atoms with Crippen molar-refractivity contribution in [2.45, 2.75) is 44.6 Å². The van der Waals surface area contributed by atoms with Crippen molar-refractivity contribution >= 4 is 28.8 Å². The van der Waals surface area contributed by atoms with Crippen LogP contribution in [0.5, 0.6) is 0 Å². The summed E-state index contributed by atoms with van der Waals surface area (Å²) in [4.78, 5) is 12.5. The highest BCUT2D eigenvalue weighted by Crippen LogP contribution is 2.21. The summed E-state index contributed by atoms with van der Waals surface area (Å²) in [6.45, 7) is 1.51. The first-order valence-corrected chi connectivity index (χ1v) is 8.22. The van der Waals surface area contributed by atoms with Gasteiger partial charge in [-0.15, -0.1) is 11.3 Å². The molecule has 106 valence electrons. The minimum Gasteiger partial charge on any atom is -0.350 e. The van der Waals surface area contributed by atoms with Crippen molar-refractivity contribution < 1.29 is 4.79 Å². The topological polar surface area (TPSA) is 41.1 Å². The van der Waals surface area contributed by atoms with Gasteiger partial charge in [-0.3, -0.25) is 4.79 Å². The molecule has 1 aromatic heterocycles. The van der Waals surface area contributed by atoms with Crippen molar-refractivity contribution in [2.75, 3.05) is 13.1 Å². The Hall–Kier alpha value is -0.580. The molecule has 19 heavy (non-hydrogen) atoms. The van der Waals surface area contributed by atoms with E-state index in [0.29, 0.717) is 21.8 Å². The third kappa shape index (κ3) is 5.13. The van der Waals surface area contributed by atoms with Crippen molar-refractivity contribution in [3.05, 3.63) is 21.3 Å². The molecule has 1 saturated carbocycles. The predicted molar refractivity (Wildman–Crippen MR) is 81.2 cm³/mol. The van der Waals surface area contributed by atoms with Gasteiger partial charge in [-0.2, -0.15) is 0 Å². The second kappa shape index (κ2) is 7.88. The molecule has 2 N–H and O–H groups in total. The Morgan fingerprint density at radius 1 is 1.21 bits per heavy atom. The van der Waals surface area contributed by atoms with Crippen LogP contribution in [0.1, 0.15) is 48.2 Å². The summed E-state index contributed by atoms with van der Waals surface area (Å²) >= 11 is 7.13. The van der Waals surface area contributed by atoms with Crippen LogP contribution in [0, 0.1) is 0 Å². The van der Waals surface area contributed by atoms with Gasteiger partial charge in [0.25, 0.3) is 5.91 Å². The van der Waals surface area contributed by atoms with E-state index < -0.39 is 0 Å². The van der Waals surface area contributed by atoms with Gasteiger partial charge in [-0.25, -0.2) is 0 Å². The first-order valence-electron chi connectivity index (χ1n) is 7.02. The minimum atomic E-state index is -0.0282. The maximum atomic E-state index is 11.8. The van der Waals surface area contributed by atoms with E-state index in [-0.39, 0.29) is 5.91 Å². The number of thiophene rings is 1. The lowest BCUT2D eigenvalue weighted by atomic mass is 10.1. The quantitative estimate of drug-likeness (QED) is 0.646. The van der Waals surface area contributed by atoms with Gasteiger partial charge in [-0.1, -0.05) is 37.3 Å². The zero-order chi connectivity index (χ0) is 13.5. The van der Waals surface area contributed by atoms with Crippen molar-refractivity contribution in [2.24, 2.45) is 0 Å². The monoisotopic (exact) mass is 300 g/mol. The molecule has 0 atom stereocenters. The van der Waals surface area contributed by atoms with Gasteiger partial charge in [0.2, 0.25) is 0 Å². The average Bonchev–Trinajstić information content (AvgIpc) is 2.68. The third-order valence-electron chi connectivity index (χ3n) is 3.50. The van der Waals surface area contributed by atoms with E-state index in [2.05, 4.69) is 10.6 Å². The van der Waals surface area contributed by atoms with Crippen LogP contribution in [0.25, 0.3) is 0 Å². The zero-order valence-corrected chi connectivity index (χ0v) is 12.7. The fraction of sp³-hybridized carbons (Fsp3) is 0.643. The maximum absolute atomic E-state index is 11.8. The van der Waals surface area contributed by atoms with Crippen LogP contribution < -0.4 is 10.6 Å². The van der Waals surface area contributed by atoms with Gasteiger partial charge in [-0.05, 0) is 25.0 Å². The fourth-order valence-corrected chi connectivity index (χ4v) is 3.42. The standard InChI is InChI=1S/C14H21ClN2OS/c15-13-8-7-12(19-13)14(18)17-10-9-16-11-5-3-1-2-4-6-11/h7-8,11,16H,1-6,9-10H2,(H,17,18). The Morgan fingerprint density at radius 2 is 1.95 bits per heavy atom. The number of nitrogens with one attached hydrogen (secondary N) is 2. The van der Waals surface area contributed by atoms with Gasteiger partial charge in [0, 0.05) is 19.1 Å². The Morgan fingerprint density at radius 3 is 2.58 bits per heavy atom. The van der Waals surface area contributed by atoms with Crippen LogP contribution in [0.2, 0.25) is 4.34 Å². The molecule has 5 heteroatoms. The molecule has 0 spiro atoms. The molecule has 0 aliphatic heterocycles. The number of halogens is 1. The summed E-state index contributed by atoms with van der Waals surface area (Å²) in [5, 5.41) is 6.45. The van der Waals surface area contributed by atoms with Crippen LogP contribution >= 0.6 is 22.9 Å². The van der Waals surface area contributed by atoms with Gasteiger partial charge in [0.15, 0.2) is 0 Å². The smallest absolute Gasteiger partial charge is 0.261 e. The fourth-order valence-electron chi connectivity index (χ4n) is 2.46. The lowest BCUT2D eigenvalue weighted by Gasteiger charge is -2.16. The number of hydrogen-bond donors (Lipinski definition) is 2. The van der Waals surface area contributed by atoms with E-state index in [1.165, 1.54) is 49.9 Å². The van der Waals surface area contributed by atoms with E-state index >= 15 is 0 Å². The second-order valence-electron chi connectivity index (χ2n) is 5.00. The Kier molecular flexibility index (Phi) is 6.14. The molecule has 3 nitrogen and oxygen atoms in total. The molecule has 1 fully saturated rings. The van der Waals surface area contributed by atoms with Gasteiger partial charge in [0.05, 0.1) is 9.21 Å². The predicted octanol–water partition coefficient (Wildman–Crippen LogP) is 3.44. The molecule has 1 amide bonds. The van der Waals surface area contributed by atoms with Crippen LogP contribution in [-0.4, -0.2) is 25.0 Å². The molecule has 0 saturated heterocycles. The summed E-state index contributed by atoms with van der Waals surface area (Å²) in [6.07, 6.45) is 7.94. The summed E-state index contributed by atoms with van der Waals surface area (Å²) in [7, 11) is 0. The normalized spacial score (nSPS) is 17.1. The number of hydrogen-bond acceptors (Lipinski definition) is 3. The van der Waals surface area contributed by atoms with Crippen molar-refractivity contribution in [1.29, 1.82) is 0 Å². The molecule has 1 aliphatic rings. The molecular formula is C14H21ClN2OS. The molecule has 1 aromatic rings. The summed E-state index contributed by atoms with van der Waals surface area (Å²) in [6, 6.07) is 4.15. The lowest BCUT2D eigenvalue weighted by Crippen LogP contribution is -2.36. The Labute approximate surface area is 123 Å². The van der Waals surface area contributed by atoms with Crippen LogP contribution in [0.4, 0.5) is 0 Å². The lowest BCUT2D eigenvalue weighted by molar-refractivity contribution is 0.0957. The molecular weight excluding hydrogens is 280 g/mol. The highest BCUT2D eigenvalue weighted by atomic mass is 35.5. The number of carbonyl (C=O) groups excluding carboxylic acids is 1. The first kappa shape index (κ1) is 14.8. The number of rotatable bonds is 5. The first-order chi connectivity index (χ1) is 9.25. The van der Waals surface area contributed by atoms with Crippen molar-refractivity contribution in [1.82, 2.24) is 10.6 Å². The largest absolute Gasteiger partial charge is 0.350 e. The number of amides is 1. The maximum Gasteiger partial charge on any atom is 0.261 e. The molecule has 0 radical (unpaired) electrons. The summed E-state index contributed by atoms with van der Waals surface area (Å²) < 4.78 is 0.654. The molecule has 0 aromatic carbocycles. The van der Waals surface area contributed by atoms with E-state index in [0.717, 1.165) is 6.54 Å². The van der Waals surface area contributed by atoms with Gasteiger partial charge >= 0.3 is 0 Å². The van der Waals surface area contributed by atoms with E-state index in [4.69, 9.17) is 11.6 Å². The van der Waals surface area contributed by atoms with Crippen LogP contribution in [-0.2, 0) is 0 Å². The molecule has 2 rings (SSSR count). The SMILES string of the molecule is O=C(NCCNC1CCCCCC1)c1ccc(Cl)s1. The minimum absolute atomic E-state index is 0.0282. The highest BCUT2D eigenvalue weighted by molar-refractivity contribution is 7.17. The van der Waals surface area contributed by atoms with E-state index in [1.54, 1.807) is 12.1 Å². The summed E-state index contributed by atoms with van der Waals surface area (Å²) in [5.41, 5.74) is 0. The highest BCUT2D eigenvalue weighted by Gasteiger charge is 2.11. The third-order valence-corrected chi connectivity index (χ3v) is 4.73. The van der Waals surface area contributed by atoms with Gasteiger partial charge < -0.3 is 10.6 Å².